The van der Waals surface area contributed by atoms with Crippen molar-refractivity contribution in [3.63, 3.8) is 0 Å². The van der Waals surface area contributed by atoms with E-state index in [2.05, 4.69) is 23.7 Å². The number of carbonyl (C=O) groups is 1. The van der Waals surface area contributed by atoms with Gasteiger partial charge in [0, 0.05) is 47.6 Å². The highest BCUT2D eigenvalue weighted by atomic mass is 19.1. The van der Waals surface area contributed by atoms with Crippen molar-refractivity contribution in [3.8, 4) is 22.6 Å². The Morgan fingerprint density at radius 3 is 2.23 bits per heavy atom. The first kappa shape index (κ1) is 31.4. The maximum atomic E-state index is 13.3. The fourth-order valence-corrected chi connectivity index (χ4v) is 5.86. The van der Waals surface area contributed by atoms with Crippen molar-refractivity contribution in [1.29, 1.82) is 0 Å². The van der Waals surface area contributed by atoms with E-state index in [9.17, 15) is 14.3 Å². The predicted octanol–water partition coefficient (Wildman–Crippen LogP) is 8.32. The number of pyridine rings is 1. The molecule has 0 saturated carbocycles. The van der Waals surface area contributed by atoms with Crippen LogP contribution in [0.15, 0.2) is 59.1 Å². The molecule has 1 unspecified atom stereocenters. The van der Waals surface area contributed by atoms with Crippen LogP contribution in [0.25, 0.3) is 22.6 Å². The summed E-state index contributed by atoms with van der Waals surface area (Å²) in [5, 5.41) is 10.4. The molecule has 1 N–H and O–H groups in total. The van der Waals surface area contributed by atoms with E-state index >= 15 is 0 Å². The van der Waals surface area contributed by atoms with Gasteiger partial charge in [0.25, 0.3) is 0 Å². The number of hydrogen-bond donors (Lipinski definition) is 1. The summed E-state index contributed by atoms with van der Waals surface area (Å²) in [6.07, 6.45) is 3.03. The van der Waals surface area contributed by atoms with Crippen LogP contribution in [0.3, 0.4) is 0 Å². The average molecular weight is 600 g/mol. The number of carboxylic acids is 1. The summed E-state index contributed by atoms with van der Waals surface area (Å²) >= 11 is 0. The molecule has 232 valence electrons. The van der Waals surface area contributed by atoms with Gasteiger partial charge in [-0.3, -0.25) is 4.98 Å². The smallest absolute Gasteiger partial charge is 0.337 e. The lowest BCUT2D eigenvalue weighted by atomic mass is 9.81. The molecule has 2 aromatic heterocycles. The molecule has 3 heterocycles. The number of halogens is 1. The molecule has 1 aliphatic rings. The first-order valence-electron chi connectivity index (χ1n) is 15.2. The monoisotopic (exact) mass is 599 g/mol. The number of anilines is 1. The Bertz CT molecular complexity index is 1630. The molecule has 0 spiro atoms. The third kappa shape index (κ3) is 7.02. The van der Waals surface area contributed by atoms with Gasteiger partial charge in [0.15, 0.2) is 6.10 Å². The standard InChI is InChI=1S/C36H42FN3O4/c1-22-29(25-10-12-26(13-11-25)33-38-21-28(43-33)20-24-8-14-27(37)15-9-24)31(40-18-16-36(6,7)17-19-40)30(23(2)39-22)32(34(41)42)44-35(3,4)5/h8-15,21,32H,16-20H2,1-7H3,(H,41,42). The first-order valence-corrected chi connectivity index (χ1v) is 15.2. The van der Waals surface area contributed by atoms with E-state index in [1.807, 2.05) is 58.9 Å². The summed E-state index contributed by atoms with van der Waals surface area (Å²) in [5.41, 5.74) is 6.11. The molecule has 1 fully saturated rings. The summed E-state index contributed by atoms with van der Waals surface area (Å²) < 4.78 is 25.5. The van der Waals surface area contributed by atoms with Gasteiger partial charge in [-0.05, 0) is 88.3 Å². The Balaban J connectivity index is 1.55. The van der Waals surface area contributed by atoms with Crippen LogP contribution in [0.4, 0.5) is 10.1 Å². The van der Waals surface area contributed by atoms with Crippen molar-refractivity contribution >= 4 is 11.7 Å². The summed E-state index contributed by atoms with van der Waals surface area (Å²) in [7, 11) is 0. The molecule has 4 aromatic rings. The molecule has 44 heavy (non-hydrogen) atoms. The molecule has 0 radical (unpaired) electrons. The van der Waals surface area contributed by atoms with E-state index in [-0.39, 0.29) is 11.2 Å². The number of ether oxygens (including phenoxy) is 1. The number of aryl methyl sites for hydroxylation is 2. The van der Waals surface area contributed by atoms with Gasteiger partial charge in [0.2, 0.25) is 5.89 Å². The predicted molar refractivity (Wildman–Crippen MR) is 170 cm³/mol. The molecule has 7 nitrogen and oxygen atoms in total. The van der Waals surface area contributed by atoms with E-state index < -0.39 is 17.7 Å². The van der Waals surface area contributed by atoms with Gasteiger partial charge in [-0.15, -0.1) is 0 Å². The Morgan fingerprint density at radius 1 is 1.02 bits per heavy atom. The van der Waals surface area contributed by atoms with Gasteiger partial charge in [0.05, 0.1) is 17.5 Å². The largest absolute Gasteiger partial charge is 0.479 e. The second kappa shape index (κ2) is 12.2. The van der Waals surface area contributed by atoms with Crippen LogP contribution in [0, 0.1) is 25.1 Å². The highest BCUT2D eigenvalue weighted by Crippen LogP contribution is 2.45. The van der Waals surface area contributed by atoms with Gasteiger partial charge < -0.3 is 19.2 Å². The van der Waals surface area contributed by atoms with E-state index in [0.29, 0.717) is 29.3 Å². The number of aromatic nitrogens is 2. The van der Waals surface area contributed by atoms with E-state index in [1.165, 1.54) is 12.1 Å². The van der Waals surface area contributed by atoms with Crippen LogP contribution >= 0.6 is 0 Å². The minimum atomic E-state index is -1.17. The number of oxazole rings is 1. The summed E-state index contributed by atoms with van der Waals surface area (Å²) in [5.74, 6) is -0.122. The summed E-state index contributed by atoms with van der Waals surface area (Å²) in [6.45, 7) is 15.7. The number of carboxylic acid groups (broad SMARTS) is 1. The van der Waals surface area contributed by atoms with Crippen LogP contribution in [0.1, 0.15) is 81.8 Å². The fraction of sp³-hybridized carbons (Fsp3) is 0.417. The average Bonchev–Trinajstić information content (AvgIpc) is 3.41. The van der Waals surface area contributed by atoms with Crippen LogP contribution in [-0.2, 0) is 16.0 Å². The van der Waals surface area contributed by atoms with Crippen LogP contribution in [0.5, 0.6) is 0 Å². The number of benzene rings is 2. The quantitative estimate of drug-likeness (QED) is 0.218. The first-order chi connectivity index (χ1) is 20.7. The molecule has 2 aromatic carbocycles. The molecular weight excluding hydrogens is 557 g/mol. The molecule has 0 bridgehead atoms. The Labute approximate surface area is 259 Å². The minimum Gasteiger partial charge on any atom is -0.479 e. The molecule has 0 amide bonds. The highest BCUT2D eigenvalue weighted by molar-refractivity contribution is 5.88. The van der Waals surface area contributed by atoms with E-state index in [0.717, 1.165) is 59.6 Å². The topological polar surface area (TPSA) is 88.7 Å². The number of piperidine rings is 1. The van der Waals surface area contributed by atoms with Crippen molar-refractivity contribution in [1.82, 2.24) is 9.97 Å². The SMILES string of the molecule is Cc1nc(C)c(C(OC(C)(C)C)C(=O)O)c(N2CCC(C)(C)CC2)c1-c1ccc(-c2ncc(Cc3ccc(F)cc3)o2)cc1. The maximum Gasteiger partial charge on any atom is 0.337 e. The lowest BCUT2D eigenvalue weighted by Gasteiger charge is -2.41. The lowest BCUT2D eigenvalue weighted by Crippen LogP contribution is -2.39. The van der Waals surface area contributed by atoms with E-state index in [4.69, 9.17) is 14.1 Å². The number of rotatable bonds is 8. The normalized spacial score (nSPS) is 15.8. The Hall–Kier alpha value is -4.04. The van der Waals surface area contributed by atoms with Crippen molar-refractivity contribution in [2.45, 2.75) is 79.4 Å². The van der Waals surface area contributed by atoms with Crippen molar-refractivity contribution in [2.24, 2.45) is 5.41 Å². The molecule has 1 saturated heterocycles. The van der Waals surface area contributed by atoms with Crippen LogP contribution in [-0.4, -0.2) is 39.7 Å². The zero-order valence-corrected chi connectivity index (χ0v) is 26.7. The number of nitrogens with zero attached hydrogens (tertiary/aromatic N) is 3. The van der Waals surface area contributed by atoms with E-state index in [1.54, 1.807) is 18.3 Å². The van der Waals surface area contributed by atoms with Gasteiger partial charge >= 0.3 is 5.97 Å². The minimum absolute atomic E-state index is 0.218. The maximum absolute atomic E-state index is 13.3. The Morgan fingerprint density at radius 2 is 1.64 bits per heavy atom. The van der Waals surface area contributed by atoms with Gasteiger partial charge in [0.1, 0.15) is 11.6 Å². The van der Waals surface area contributed by atoms with Gasteiger partial charge in [-0.2, -0.15) is 0 Å². The third-order valence-corrected chi connectivity index (χ3v) is 8.24. The fourth-order valence-electron chi connectivity index (χ4n) is 5.86. The van der Waals surface area contributed by atoms with Crippen molar-refractivity contribution < 1.29 is 23.4 Å². The highest BCUT2D eigenvalue weighted by Gasteiger charge is 2.36. The molecule has 5 rings (SSSR count). The van der Waals surface area contributed by atoms with Gasteiger partial charge in [-0.1, -0.05) is 38.1 Å². The molecule has 0 aliphatic carbocycles. The molecule has 8 heteroatoms. The Kier molecular flexibility index (Phi) is 8.67. The number of aliphatic carboxylic acids is 1. The van der Waals surface area contributed by atoms with Crippen molar-refractivity contribution in [2.75, 3.05) is 18.0 Å². The summed E-state index contributed by atoms with van der Waals surface area (Å²) in [6, 6.07) is 14.3. The second-order valence-corrected chi connectivity index (χ2v) is 13.5. The van der Waals surface area contributed by atoms with Crippen LogP contribution in [0.2, 0.25) is 0 Å². The molecular formula is C36H42FN3O4. The summed E-state index contributed by atoms with van der Waals surface area (Å²) in [4.78, 5) is 24.4. The van der Waals surface area contributed by atoms with Crippen LogP contribution < -0.4 is 4.90 Å². The number of hydrogen-bond acceptors (Lipinski definition) is 6. The molecule has 1 aliphatic heterocycles. The van der Waals surface area contributed by atoms with Crippen molar-refractivity contribution in [3.05, 3.63) is 88.8 Å². The zero-order valence-electron chi connectivity index (χ0n) is 26.7. The lowest BCUT2D eigenvalue weighted by molar-refractivity contribution is -0.160. The molecule has 1 atom stereocenters. The zero-order chi connectivity index (χ0) is 31.8. The third-order valence-electron chi connectivity index (χ3n) is 8.24. The second-order valence-electron chi connectivity index (χ2n) is 13.5. The van der Waals surface area contributed by atoms with Gasteiger partial charge in [-0.25, -0.2) is 14.2 Å².